The number of anilines is 1. The van der Waals surface area contributed by atoms with Gasteiger partial charge in [-0.2, -0.15) is 0 Å². The van der Waals surface area contributed by atoms with Crippen LogP contribution in [0.15, 0.2) is 36.4 Å². The third kappa shape index (κ3) is 3.45. The van der Waals surface area contributed by atoms with Crippen LogP contribution in [0.2, 0.25) is 0 Å². The molecule has 2 aromatic rings. The van der Waals surface area contributed by atoms with E-state index in [1.54, 1.807) is 0 Å². The van der Waals surface area contributed by atoms with E-state index in [2.05, 4.69) is 22.6 Å². The largest absolute Gasteiger partial charge is 0.490 e. The van der Waals surface area contributed by atoms with Crippen LogP contribution in [0.3, 0.4) is 0 Å². The summed E-state index contributed by atoms with van der Waals surface area (Å²) in [7, 11) is 0. The molecule has 0 aliphatic carbocycles. The SMILES string of the molecule is CCOc1cc(/C=C2\C(=O)N(CC)c3ccccc32)cc(I)c1OCC. The number of carbonyl (C=O) groups is 1. The smallest absolute Gasteiger partial charge is 0.258 e. The van der Waals surface area contributed by atoms with Crippen LogP contribution >= 0.6 is 22.6 Å². The molecule has 0 saturated heterocycles. The second-order valence-electron chi connectivity index (χ2n) is 5.82. The first kappa shape index (κ1) is 18.8. The van der Waals surface area contributed by atoms with Crippen LogP contribution in [0.1, 0.15) is 31.9 Å². The number of fused-ring (bicyclic) bond motifs is 1. The Morgan fingerprint density at radius 1 is 1.08 bits per heavy atom. The maximum Gasteiger partial charge on any atom is 0.258 e. The Hall–Kier alpha value is -2.02. The summed E-state index contributed by atoms with van der Waals surface area (Å²) < 4.78 is 12.5. The molecule has 0 bridgehead atoms. The number of hydrogen-bond donors (Lipinski definition) is 0. The first-order chi connectivity index (χ1) is 12.6. The molecule has 0 unspecified atom stereocenters. The Balaban J connectivity index is 2.09. The summed E-state index contributed by atoms with van der Waals surface area (Å²) in [6.45, 7) is 7.68. The van der Waals surface area contributed by atoms with Crippen LogP contribution in [0.5, 0.6) is 11.5 Å². The number of rotatable bonds is 6. The highest BCUT2D eigenvalue weighted by atomic mass is 127. The van der Waals surface area contributed by atoms with E-state index in [0.29, 0.717) is 31.1 Å². The van der Waals surface area contributed by atoms with Crippen molar-refractivity contribution in [2.24, 2.45) is 0 Å². The van der Waals surface area contributed by atoms with Gasteiger partial charge in [-0.05, 0) is 73.2 Å². The Labute approximate surface area is 167 Å². The van der Waals surface area contributed by atoms with Crippen molar-refractivity contribution in [3.63, 3.8) is 0 Å². The Morgan fingerprint density at radius 3 is 2.50 bits per heavy atom. The molecule has 0 fully saturated rings. The van der Waals surface area contributed by atoms with Gasteiger partial charge in [0.15, 0.2) is 11.5 Å². The molecule has 0 atom stereocenters. The van der Waals surface area contributed by atoms with Gasteiger partial charge in [-0.1, -0.05) is 18.2 Å². The fourth-order valence-electron chi connectivity index (χ4n) is 3.15. The highest BCUT2D eigenvalue weighted by Gasteiger charge is 2.30. The van der Waals surface area contributed by atoms with Crippen molar-refractivity contribution < 1.29 is 14.3 Å². The topological polar surface area (TPSA) is 38.8 Å². The van der Waals surface area contributed by atoms with E-state index in [4.69, 9.17) is 9.47 Å². The van der Waals surface area contributed by atoms with Gasteiger partial charge >= 0.3 is 0 Å². The molecule has 0 saturated carbocycles. The Kier molecular flexibility index (Phi) is 5.86. The van der Waals surface area contributed by atoms with Gasteiger partial charge in [0.2, 0.25) is 0 Å². The van der Waals surface area contributed by atoms with E-state index < -0.39 is 0 Å². The van der Waals surface area contributed by atoms with Gasteiger partial charge in [-0.3, -0.25) is 4.79 Å². The molecule has 2 aromatic carbocycles. The predicted octanol–water partition coefficient (Wildman–Crippen LogP) is 5.00. The number of likely N-dealkylation sites (N-methyl/N-ethyl adjacent to an activating group) is 1. The maximum atomic E-state index is 12.9. The normalized spacial score (nSPS) is 14.7. The first-order valence-corrected chi connectivity index (χ1v) is 9.90. The molecule has 0 N–H and O–H groups in total. The highest BCUT2D eigenvalue weighted by Crippen LogP contribution is 2.39. The van der Waals surface area contributed by atoms with E-state index in [0.717, 1.165) is 26.1 Å². The quantitative estimate of drug-likeness (QED) is 0.448. The zero-order valence-electron chi connectivity index (χ0n) is 15.2. The van der Waals surface area contributed by atoms with Gasteiger partial charge in [0.25, 0.3) is 5.91 Å². The molecule has 5 heteroatoms. The zero-order chi connectivity index (χ0) is 18.7. The van der Waals surface area contributed by atoms with Gasteiger partial charge in [0.05, 0.1) is 22.5 Å². The van der Waals surface area contributed by atoms with Gasteiger partial charge in [-0.25, -0.2) is 0 Å². The number of para-hydroxylation sites is 1. The molecule has 1 aliphatic rings. The number of benzene rings is 2. The molecular weight excluding hydrogens is 441 g/mol. The van der Waals surface area contributed by atoms with E-state index in [1.807, 2.05) is 68.1 Å². The Bertz CT molecular complexity index is 860. The number of carbonyl (C=O) groups excluding carboxylic acids is 1. The van der Waals surface area contributed by atoms with Gasteiger partial charge in [0, 0.05) is 17.7 Å². The second-order valence-corrected chi connectivity index (χ2v) is 6.98. The van der Waals surface area contributed by atoms with Crippen LogP contribution in [0.4, 0.5) is 5.69 Å². The van der Waals surface area contributed by atoms with E-state index in [9.17, 15) is 4.79 Å². The molecule has 0 spiro atoms. The summed E-state index contributed by atoms with van der Waals surface area (Å²) in [4.78, 5) is 14.7. The molecule has 1 amide bonds. The highest BCUT2D eigenvalue weighted by molar-refractivity contribution is 14.1. The summed E-state index contributed by atoms with van der Waals surface area (Å²) in [6, 6.07) is 11.9. The molecule has 0 aromatic heterocycles. The van der Waals surface area contributed by atoms with Crippen LogP contribution in [0, 0.1) is 3.57 Å². The lowest BCUT2D eigenvalue weighted by Crippen LogP contribution is -2.25. The average molecular weight is 463 g/mol. The number of halogens is 1. The standard InChI is InChI=1S/C21H22INO3/c1-4-23-18-10-8-7-9-15(18)16(21(23)24)11-14-12-17(22)20(26-6-3)19(13-14)25-5-2/h7-13H,4-6H2,1-3H3/b16-11-. The minimum absolute atomic E-state index is 0.0375. The van der Waals surface area contributed by atoms with Crippen LogP contribution < -0.4 is 14.4 Å². The van der Waals surface area contributed by atoms with Gasteiger partial charge < -0.3 is 14.4 Å². The summed E-state index contributed by atoms with van der Waals surface area (Å²) in [5.41, 5.74) is 3.58. The van der Waals surface area contributed by atoms with Crippen LogP contribution in [-0.4, -0.2) is 25.7 Å². The van der Waals surface area contributed by atoms with Crippen LogP contribution in [0.25, 0.3) is 11.6 Å². The third-order valence-corrected chi connectivity index (χ3v) is 5.01. The minimum Gasteiger partial charge on any atom is -0.490 e. The van der Waals surface area contributed by atoms with Gasteiger partial charge in [0.1, 0.15) is 0 Å². The predicted molar refractivity (Wildman–Crippen MR) is 114 cm³/mol. The van der Waals surface area contributed by atoms with Crippen molar-refractivity contribution in [3.8, 4) is 11.5 Å². The molecule has 136 valence electrons. The van der Waals surface area contributed by atoms with Crippen molar-refractivity contribution in [2.75, 3.05) is 24.7 Å². The molecule has 3 rings (SSSR count). The van der Waals surface area contributed by atoms with Crippen molar-refractivity contribution in [2.45, 2.75) is 20.8 Å². The molecular formula is C21H22INO3. The third-order valence-electron chi connectivity index (χ3n) is 4.21. The van der Waals surface area contributed by atoms with Crippen LogP contribution in [-0.2, 0) is 4.79 Å². The summed E-state index contributed by atoms with van der Waals surface area (Å²) in [5, 5.41) is 0. The fourth-order valence-corrected chi connectivity index (χ4v) is 3.93. The minimum atomic E-state index is 0.0375. The maximum absolute atomic E-state index is 12.9. The molecule has 26 heavy (non-hydrogen) atoms. The number of hydrogen-bond acceptors (Lipinski definition) is 3. The first-order valence-electron chi connectivity index (χ1n) is 8.82. The molecule has 4 nitrogen and oxygen atoms in total. The summed E-state index contributed by atoms with van der Waals surface area (Å²) in [5.74, 6) is 1.50. The lowest BCUT2D eigenvalue weighted by atomic mass is 10.0. The monoisotopic (exact) mass is 463 g/mol. The van der Waals surface area contributed by atoms with E-state index in [-0.39, 0.29) is 5.91 Å². The molecule has 0 radical (unpaired) electrons. The van der Waals surface area contributed by atoms with E-state index >= 15 is 0 Å². The summed E-state index contributed by atoms with van der Waals surface area (Å²) in [6.07, 6.45) is 1.94. The average Bonchev–Trinajstić information content (AvgIpc) is 2.90. The lowest BCUT2D eigenvalue weighted by Gasteiger charge is -2.14. The summed E-state index contributed by atoms with van der Waals surface area (Å²) >= 11 is 2.25. The lowest BCUT2D eigenvalue weighted by molar-refractivity contribution is -0.112. The second kappa shape index (κ2) is 8.12. The molecule has 1 aliphatic heterocycles. The number of amides is 1. The van der Waals surface area contributed by atoms with Crippen molar-refractivity contribution >= 4 is 45.8 Å². The zero-order valence-corrected chi connectivity index (χ0v) is 17.4. The molecule has 1 heterocycles. The van der Waals surface area contributed by atoms with Crippen molar-refractivity contribution in [1.29, 1.82) is 0 Å². The van der Waals surface area contributed by atoms with Crippen molar-refractivity contribution in [1.82, 2.24) is 0 Å². The van der Waals surface area contributed by atoms with Gasteiger partial charge in [-0.15, -0.1) is 0 Å². The van der Waals surface area contributed by atoms with E-state index in [1.165, 1.54) is 0 Å². The fraction of sp³-hybridized carbons (Fsp3) is 0.286. The number of nitrogens with zero attached hydrogens (tertiary/aromatic N) is 1. The number of ether oxygens (including phenoxy) is 2. The van der Waals surface area contributed by atoms with Crippen molar-refractivity contribution in [3.05, 3.63) is 51.1 Å². The Morgan fingerprint density at radius 2 is 1.81 bits per heavy atom.